The zero-order valence-electron chi connectivity index (χ0n) is 6.77. The fourth-order valence-corrected chi connectivity index (χ4v) is 2.25. The highest BCUT2D eigenvalue weighted by Crippen LogP contribution is 2.21. The van der Waals surface area contributed by atoms with Crippen molar-refractivity contribution in [1.29, 1.82) is 5.26 Å². The van der Waals surface area contributed by atoms with Gasteiger partial charge in [0.1, 0.15) is 6.07 Å². The normalized spacial score (nSPS) is 9.38. The molecule has 0 aromatic heterocycles. The van der Waals surface area contributed by atoms with Crippen molar-refractivity contribution in [2.75, 3.05) is 0 Å². The van der Waals surface area contributed by atoms with Crippen molar-refractivity contribution in [3.05, 3.63) is 32.4 Å². The lowest BCUT2D eigenvalue weighted by Gasteiger charge is -2.03. The van der Waals surface area contributed by atoms with E-state index >= 15 is 0 Å². The number of nitrogens with zero attached hydrogens (tertiary/aromatic N) is 1. The zero-order chi connectivity index (χ0) is 10.0. The average Bonchev–Trinajstić information content (AvgIpc) is 2.04. The second-order valence-electron chi connectivity index (χ2n) is 2.50. The number of benzene rings is 1. The first-order chi connectivity index (χ1) is 6.07. The van der Waals surface area contributed by atoms with E-state index in [1.54, 1.807) is 12.1 Å². The van der Waals surface area contributed by atoms with Crippen LogP contribution in [0.15, 0.2) is 12.1 Å². The number of hydrogen-bond donors (Lipinski definition) is 0. The van der Waals surface area contributed by atoms with Crippen LogP contribution in [0.4, 0.5) is 0 Å². The number of nitriles is 1. The number of hydrogen-bond acceptors (Lipinski definition) is 2. The van der Waals surface area contributed by atoms with Crippen molar-refractivity contribution in [3.63, 3.8) is 0 Å². The lowest BCUT2D eigenvalue weighted by molar-refractivity contribution is 0.108. The number of halogens is 2. The molecule has 0 atom stereocenters. The first kappa shape index (κ1) is 10.5. The summed E-state index contributed by atoms with van der Waals surface area (Å²) in [5, 5.41) is 8.27. The van der Waals surface area contributed by atoms with Crippen LogP contribution in [0, 0.1) is 21.8 Å². The third-order valence-electron chi connectivity index (χ3n) is 1.67. The Labute approximate surface area is 94.6 Å². The molecule has 1 aromatic rings. The SMILES string of the molecule is Cc1ccc(C(=O)Cl)c(I)c1C#N. The fourth-order valence-electron chi connectivity index (χ4n) is 0.962. The predicted octanol–water partition coefficient (Wildman–Crippen LogP) is 2.85. The van der Waals surface area contributed by atoms with Crippen LogP contribution in [0.1, 0.15) is 21.5 Å². The monoisotopic (exact) mass is 305 g/mol. The first-order valence-electron chi connectivity index (χ1n) is 3.47. The first-order valence-corrected chi connectivity index (χ1v) is 4.92. The highest BCUT2D eigenvalue weighted by atomic mass is 127. The molecule has 0 bridgehead atoms. The minimum atomic E-state index is -0.527. The van der Waals surface area contributed by atoms with Crippen LogP contribution in [0.5, 0.6) is 0 Å². The fraction of sp³-hybridized carbons (Fsp3) is 0.111. The highest BCUT2D eigenvalue weighted by Gasteiger charge is 2.12. The summed E-state index contributed by atoms with van der Waals surface area (Å²) in [5.41, 5.74) is 1.77. The van der Waals surface area contributed by atoms with Crippen molar-refractivity contribution in [2.24, 2.45) is 0 Å². The zero-order valence-corrected chi connectivity index (χ0v) is 9.68. The van der Waals surface area contributed by atoms with Crippen LogP contribution in [0.3, 0.4) is 0 Å². The van der Waals surface area contributed by atoms with E-state index in [9.17, 15) is 4.79 Å². The van der Waals surface area contributed by atoms with E-state index in [2.05, 4.69) is 0 Å². The van der Waals surface area contributed by atoms with Gasteiger partial charge in [-0.15, -0.1) is 0 Å². The molecule has 0 N–H and O–H groups in total. The molecule has 1 aromatic carbocycles. The highest BCUT2D eigenvalue weighted by molar-refractivity contribution is 14.1. The van der Waals surface area contributed by atoms with Crippen LogP contribution < -0.4 is 0 Å². The molecule has 0 amide bonds. The van der Waals surface area contributed by atoms with Crippen molar-refractivity contribution in [2.45, 2.75) is 6.92 Å². The van der Waals surface area contributed by atoms with Crippen molar-refractivity contribution in [3.8, 4) is 6.07 Å². The van der Waals surface area contributed by atoms with Crippen molar-refractivity contribution in [1.82, 2.24) is 0 Å². The topological polar surface area (TPSA) is 40.9 Å². The van der Waals surface area contributed by atoms with Gasteiger partial charge < -0.3 is 0 Å². The third kappa shape index (κ3) is 2.01. The predicted molar refractivity (Wildman–Crippen MR) is 58.8 cm³/mol. The molecule has 0 saturated heterocycles. The summed E-state index contributed by atoms with van der Waals surface area (Å²) in [6.07, 6.45) is 0. The smallest absolute Gasteiger partial charge is 0.253 e. The Balaban J connectivity index is 3.47. The second kappa shape index (κ2) is 4.07. The molecule has 13 heavy (non-hydrogen) atoms. The van der Waals surface area contributed by atoms with Crippen LogP contribution >= 0.6 is 34.2 Å². The molecule has 0 aliphatic carbocycles. The lowest BCUT2D eigenvalue weighted by atomic mass is 10.1. The second-order valence-corrected chi connectivity index (χ2v) is 3.93. The van der Waals surface area contributed by atoms with Crippen LogP contribution in [-0.2, 0) is 0 Å². The van der Waals surface area contributed by atoms with Crippen molar-refractivity contribution >= 4 is 39.4 Å². The van der Waals surface area contributed by atoms with E-state index in [1.165, 1.54) is 0 Å². The summed E-state index contributed by atoms with van der Waals surface area (Å²) in [4.78, 5) is 10.9. The van der Waals surface area contributed by atoms with Crippen LogP contribution in [0.25, 0.3) is 0 Å². The van der Waals surface area contributed by atoms with E-state index in [1.807, 2.05) is 35.6 Å². The minimum absolute atomic E-state index is 0.393. The molecule has 0 aliphatic rings. The average molecular weight is 306 g/mol. The van der Waals surface area contributed by atoms with Gasteiger partial charge in [0.05, 0.1) is 5.56 Å². The van der Waals surface area contributed by atoms with E-state index in [4.69, 9.17) is 16.9 Å². The van der Waals surface area contributed by atoms with Gasteiger partial charge in [-0.3, -0.25) is 4.79 Å². The minimum Gasteiger partial charge on any atom is -0.276 e. The van der Waals surface area contributed by atoms with Gasteiger partial charge in [-0.25, -0.2) is 0 Å². The number of carbonyl (C=O) groups is 1. The van der Waals surface area contributed by atoms with E-state index in [-0.39, 0.29) is 0 Å². The van der Waals surface area contributed by atoms with Gasteiger partial charge in [0, 0.05) is 9.13 Å². The Kier molecular flexibility index (Phi) is 3.28. The largest absolute Gasteiger partial charge is 0.276 e. The third-order valence-corrected chi connectivity index (χ3v) is 3.00. The van der Waals surface area contributed by atoms with E-state index < -0.39 is 5.24 Å². The summed E-state index contributed by atoms with van der Waals surface area (Å²) in [6, 6.07) is 5.39. The van der Waals surface area contributed by atoms with Gasteiger partial charge in [-0.1, -0.05) is 6.07 Å². The van der Waals surface area contributed by atoms with Gasteiger partial charge in [0.25, 0.3) is 5.24 Å². The quantitative estimate of drug-likeness (QED) is 0.591. The molecule has 2 nitrogen and oxygen atoms in total. The molecule has 0 radical (unpaired) electrons. The summed E-state index contributed by atoms with van der Waals surface area (Å²) in [7, 11) is 0. The Morgan fingerprint density at radius 3 is 2.69 bits per heavy atom. The molecular weight excluding hydrogens is 300 g/mol. The molecule has 0 saturated carbocycles. The van der Waals surface area contributed by atoms with Crippen LogP contribution in [0.2, 0.25) is 0 Å². The van der Waals surface area contributed by atoms with E-state index in [0.717, 1.165) is 5.56 Å². The van der Waals surface area contributed by atoms with Crippen molar-refractivity contribution < 1.29 is 4.79 Å². The molecule has 0 aliphatic heterocycles. The summed E-state index contributed by atoms with van der Waals surface area (Å²) in [6.45, 7) is 1.82. The molecule has 0 heterocycles. The maximum absolute atomic E-state index is 10.9. The van der Waals surface area contributed by atoms with Gasteiger partial charge in [-0.05, 0) is 52.7 Å². The standard InChI is InChI=1S/C9H5ClINO/c1-5-2-3-6(9(10)13)8(11)7(5)4-12/h2-3H,1H3. The summed E-state index contributed by atoms with van der Waals surface area (Å²) in [5.74, 6) is 0. The number of aryl methyl sites for hydroxylation is 1. The Morgan fingerprint density at radius 2 is 2.23 bits per heavy atom. The maximum Gasteiger partial charge on any atom is 0.253 e. The molecule has 0 unspecified atom stereocenters. The van der Waals surface area contributed by atoms with E-state index in [0.29, 0.717) is 14.7 Å². The van der Waals surface area contributed by atoms with Gasteiger partial charge in [0.2, 0.25) is 0 Å². The Morgan fingerprint density at radius 1 is 1.62 bits per heavy atom. The molecular formula is C9H5ClINO. The molecule has 4 heteroatoms. The van der Waals surface area contributed by atoms with Gasteiger partial charge >= 0.3 is 0 Å². The Hall–Kier alpha value is -0.600. The number of rotatable bonds is 1. The van der Waals surface area contributed by atoms with Gasteiger partial charge in [0.15, 0.2) is 0 Å². The lowest BCUT2D eigenvalue weighted by Crippen LogP contribution is -1.98. The summed E-state index contributed by atoms with van der Waals surface area (Å²) >= 11 is 7.29. The van der Waals surface area contributed by atoms with Crippen LogP contribution in [-0.4, -0.2) is 5.24 Å². The number of carbonyl (C=O) groups excluding carboxylic acids is 1. The molecule has 0 spiro atoms. The molecule has 66 valence electrons. The summed E-state index contributed by atoms with van der Waals surface area (Å²) < 4.78 is 0.625. The Bertz CT molecular complexity index is 409. The maximum atomic E-state index is 10.9. The molecule has 0 fully saturated rings. The molecule has 1 rings (SSSR count). The van der Waals surface area contributed by atoms with Gasteiger partial charge in [-0.2, -0.15) is 5.26 Å².